The summed E-state index contributed by atoms with van der Waals surface area (Å²) in [5.74, 6) is -0.184. The monoisotopic (exact) mass is 235 g/mol. The second kappa shape index (κ2) is 4.75. The van der Waals surface area contributed by atoms with Crippen LogP contribution in [0.1, 0.15) is 31.2 Å². The number of piperidine rings is 1. The predicted octanol–water partition coefficient (Wildman–Crippen LogP) is 2.63. The van der Waals surface area contributed by atoms with Crippen molar-refractivity contribution in [1.82, 2.24) is 5.32 Å². The van der Waals surface area contributed by atoms with Crippen LogP contribution in [0.25, 0.3) is 0 Å². The van der Waals surface area contributed by atoms with E-state index in [2.05, 4.69) is 5.32 Å². The van der Waals surface area contributed by atoms with E-state index in [-0.39, 0.29) is 5.82 Å². The third-order valence-corrected chi connectivity index (χ3v) is 3.80. The quantitative estimate of drug-likeness (QED) is 0.869. The number of nitrogens with one attached hydrogen (secondary N) is 1. The van der Waals surface area contributed by atoms with E-state index in [4.69, 9.17) is 4.74 Å². The summed E-state index contributed by atoms with van der Waals surface area (Å²) in [7, 11) is 0. The first-order valence-electron chi connectivity index (χ1n) is 6.42. The summed E-state index contributed by atoms with van der Waals surface area (Å²) >= 11 is 0. The second-order valence-corrected chi connectivity index (χ2v) is 5.17. The molecule has 2 fully saturated rings. The van der Waals surface area contributed by atoms with Crippen LogP contribution in [-0.4, -0.2) is 18.2 Å². The summed E-state index contributed by atoms with van der Waals surface area (Å²) in [5.41, 5.74) is 0.927. The number of fused-ring (bicyclic) bond motifs is 2. The van der Waals surface area contributed by atoms with Crippen molar-refractivity contribution in [3.63, 3.8) is 0 Å². The molecule has 2 aliphatic rings. The van der Waals surface area contributed by atoms with E-state index in [1.165, 1.54) is 18.9 Å². The smallest absolute Gasteiger partial charge is 0.123 e. The van der Waals surface area contributed by atoms with Gasteiger partial charge < -0.3 is 10.1 Å². The Bertz CT molecular complexity index is 384. The minimum atomic E-state index is -0.184. The molecule has 3 heteroatoms. The van der Waals surface area contributed by atoms with Crippen LogP contribution in [0.3, 0.4) is 0 Å². The molecule has 0 aromatic heterocycles. The maximum Gasteiger partial charge on any atom is 0.123 e. The summed E-state index contributed by atoms with van der Waals surface area (Å²) in [6.07, 6.45) is 5.11. The van der Waals surface area contributed by atoms with Gasteiger partial charge in [0.05, 0.1) is 12.7 Å². The van der Waals surface area contributed by atoms with Gasteiger partial charge in [-0.15, -0.1) is 0 Å². The van der Waals surface area contributed by atoms with Gasteiger partial charge in [0.1, 0.15) is 5.82 Å². The Kier molecular flexibility index (Phi) is 3.12. The number of hydrogen-bond donors (Lipinski definition) is 1. The highest BCUT2D eigenvalue weighted by Crippen LogP contribution is 2.28. The third-order valence-electron chi connectivity index (χ3n) is 3.80. The Hall–Kier alpha value is -0.930. The fourth-order valence-corrected chi connectivity index (χ4v) is 2.98. The van der Waals surface area contributed by atoms with Crippen LogP contribution < -0.4 is 5.32 Å². The standard InChI is InChI=1S/C14H18FNO/c15-11-3-1-2-10(6-11)9-17-14-7-12-4-5-13(8-14)16-12/h1-3,6,12-14,16H,4-5,7-9H2. The van der Waals surface area contributed by atoms with E-state index in [0.717, 1.165) is 18.4 Å². The lowest BCUT2D eigenvalue weighted by Crippen LogP contribution is -2.41. The number of hydrogen-bond acceptors (Lipinski definition) is 2. The fourth-order valence-electron chi connectivity index (χ4n) is 2.98. The molecule has 3 rings (SSSR count). The molecule has 2 nitrogen and oxygen atoms in total. The first-order chi connectivity index (χ1) is 8.29. The molecule has 0 amide bonds. The fraction of sp³-hybridized carbons (Fsp3) is 0.571. The molecule has 1 N–H and O–H groups in total. The van der Waals surface area contributed by atoms with Gasteiger partial charge in [0.2, 0.25) is 0 Å². The van der Waals surface area contributed by atoms with Crippen LogP contribution in [0.2, 0.25) is 0 Å². The average Bonchev–Trinajstić information content (AvgIpc) is 2.66. The van der Waals surface area contributed by atoms with Crippen LogP contribution in [-0.2, 0) is 11.3 Å². The summed E-state index contributed by atoms with van der Waals surface area (Å²) in [5, 5.41) is 3.59. The zero-order chi connectivity index (χ0) is 11.7. The molecule has 2 heterocycles. The van der Waals surface area contributed by atoms with Crippen molar-refractivity contribution in [3.8, 4) is 0 Å². The van der Waals surface area contributed by atoms with Gasteiger partial charge in [-0.05, 0) is 43.4 Å². The summed E-state index contributed by atoms with van der Waals surface area (Å²) in [6, 6.07) is 7.96. The van der Waals surface area contributed by atoms with Gasteiger partial charge in [0.25, 0.3) is 0 Å². The molecule has 17 heavy (non-hydrogen) atoms. The topological polar surface area (TPSA) is 21.3 Å². The zero-order valence-electron chi connectivity index (χ0n) is 9.86. The summed E-state index contributed by atoms with van der Waals surface area (Å²) in [6.45, 7) is 0.530. The van der Waals surface area contributed by atoms with Crippen LogP contribution in [0, 0.1) is 5.82 Å². The lowest BCUT2D eigenvalue weighted by Gasteiger charge is -2.29. The van der Waals surface area contributed by atoms with E-state index in [9.17, 15) is 4.39 Å². The van der Waals surface area contributed by atoms with Gasteiger partial charge in [-0.1, -0.05) is 12.1 Å². The molecule has 2 bridgehead atoms. The van der Waals surface area contributed by atoms with Gasteiger partial charge in [-0.2, -0.15) is 0 Å². The Morgan fingerprint density at radius 1 is 1.24 bits per heavy atom. The molecule has 2 aliphatic heterocycles. The Balaban J connectivity index is 1.54. The first kappa shape index (κ1) is 11.2. The van der Waals surface area contributed by atoms with E-state index in [1.807, 2.05) is 6.07 Å². The SMILES string of the molecule is Fc1cccc(COC2CC3CCC(C2)N3)c1. The van der Waals surface area contributed by atoms with Gasteiger partial charge in [-0.25, -0.2) is 4.39 Å². The van der Waals surface area contributed by atoms with E-state index >= 15 is 0 Å². The van der Waals surface area contributed by atoms with Crippen molar-refractivity contribution in [1.29, 1.82) is 0 Å². The lowest BCUT2D eigenvalue weighted by atomic mass is 10.0. The second-order valence-electron chi connectivity index (χ2n) is 5.17. The molecule has 1 aromatic carbocycles. The Morgan fingerprint density at radius 3 is 2.71 bits per heavy atom. The molecular formula is C14H18FNO. The molecular weight excluding hydrogens is 217 g/mol. The van der Waals surface area contributed by atoms with Gasteiger partial charge in [0.15, 0.2) is 0 Å². The maximum atomic E-state index is 13.0. The highest BCUT2D eigenvalue weighted by atomic mass is 19.1. The van der Waals surface area contributed by atoms with Crippen LogP contribution in [0.4, 0.5) is 4.39 Å². The van der Waals surface area contributed by atoms with Crippen molar-refractivity contribution in [2.45, 2.75) is 50.5 Å². The Morgan fingerprint density at radius 2 is 2.00 bits per heavy atom. The van der Waals surface area contributed by atoms with Crippen LogP contribution >= 0.6 is 0 Å². The van der Waals surface area contributed by atoms with Crippen molar-refractivity contribution in [2.75, 3.05) is 0 Å². The van der Waals surface area contributed by atoms with Crippen molar-refractivity contribution in [2.24, 2.45) is 0 Å². The highest BCUT2D eigenvalue weighted by molar-refractivity contribution is 5.15. The van der Waals surface area contributed by atoms with Crippen molar-refractivity contribution in [3.05, 3.63) is 35.6 Å². The normalized spacial score (nSPS) is 31.7. The average molecular weight is 235 g/mol. The van der Waals surface area contributed by atoms with E-state index in [0.29, 0.717) is 24.8 Å². The third kappa shape index (κ3) is 2.67. The number of rotatable bonds is 3. The van der Waals surface area contributed by atoms with E-state index in [1.54, 1.807) is 12.1 Å². The zero-order valence-corrected chi connectivity index (χ0v) is 9.86. The first-order valence-corrected chi connectivity index (χ1v) is 6.42. The number of halogens is 1. The molecule has 2 unspecified atom stereocenters. The molecule has 0 saturated carbocycles. The molecule has 0 spiro atoms. The highest BCUT2D eigenvalue weighted by Gasteiger charge is 2.33. The molecule has 0 radical (unpaired) electrons. The number of benzene rings is 1. The van der Waals surface area contributed by atoms with Gasteiger partial charge >= 0.3 is 0 Å². The van der Waals surface area contributed by atoms with Crippen LogP contribution in [0.15, 0.2) is 24.3 Å². The molecule has 2 atom stereocenters. The van der Waals surface area contributed by atoms with Gasteiger partial charge in [-0.3, -0.25) is 0 Å². The molecule has 1 aromatic rings. The van der Waals surface area contributed by atoms with Crippen LogP contribution in [0.5, 0.6) is 0 Å². The van der Waals surface area contributed by atoms with Crippen molar-refractivity contribution < 1.29 is 9.13 Å². The van der Waals surface area contributed by atoms with Crippen molar-refractivity contribution >= 4 is 0 Å². The summed E-state index contributed by atoms with van der Waals surface area (Å²) in [4.78, 5) is 0. The Labute approximate surface area is 101 Å². The van der Waals surface area contributed by atoms with Gasteiger partial charge in [0, 0.05) is 12.1 Å². The minimum absolute atomic E-state index is 0.184. The van der Waals surface area contributed by atoms with E-state index < -0.39 is 0 Å². The lowest BCUT2D eigenvalue weighted by molar-refractivity contribution is 0.00907. The molecule has 92 valence electrons. The predicted molar refractivity (Wildman–Crippen MR) is 64.2 cm³/mol. The number of ether oxygens (including phenoxy) is 1. The summed E-state index contributed by atoms with van der Waals surface area (Å²) < 4.78 is 18.9. The molecule has 0 aliphatic carbocycles. The largest absolute Gasteiger partial charge is 0.373 e. The maximum absolute atomic E-state index is 13.0. The molecule has 2 saturated heterocycles. The minimum Gasteiger partial charge on any atom is -0.373 e.